The van der Waals surface area contributed by atoms with Gasteiger partial charge in [0.25, 0.3) is 0 Å². The molecule has 3 N–H and O–H groups in total. The Morgan fingerprint density at radius 3 is 2.65 bits per heavy atom. The van der Waals surface area contributed by atoms with E-state index in [4.69, 9.17) is 5.84 Å². The lowest BCUT2D eigenvalue weighted by atomic mass is 10.1. The van der Waals surface area contributed by atoms with Crippen LogP contribution in [0, 0.1) is 0 Å². The van der Waals surface area contributed by atoms with Crippen LogP contribution in [-0.2, 0) is 0 Å². The largest absolute Gasteiger partial charge is 0.340 e. The highest BCUT2D eigenvalue weighted by atomic mass is 15.4. The van der Waals surface area contributed by atoms with Crippen LogP contribution in [-0.4, -0.2) is 54.0 Å². The fourth-order valence-electron chi connectivity index (χ4n) is 2.96. The van der Waals surface area contributed by atoms with E-state index in [9.17, 15) is 0 Å². The van der Waals surface area contributed by atoms with Crippen molar-refractivity contribution in [1.82, 2.24) is 15.2 Å². The number of hydrogen-bond acceptors (Lipinski definition) is 3. The normalized spacial score (nSPS) is 30.9. The van der Waals surface area contributed by atoms with E-state index in [0.717, 1.165) is 25.1 Å². The second kappa shape index (κ2) is 5.23. The van der Waals surface area contributed by atoms with E-state index in [1.807, 2.05) is 0 Å². The minimum absolute atomic E-state index is 0.277. The average Bonchev–Trinajstić information content (AvgIpc) is 2.50. The fraction of sp³-hybridized carbons (Fsp3) is 0.917. The number of nitrogens with one attached hydrogen (secondary N) is 1. The lowest BCUT2D eigenvalue weighted by Crippen LogP contribution is -2.48. The predicted octanol–water partition coefficient (Wildman–Crippen LogP) is 0.383. The zero-order valence-corrected chi connectivity index (χ0v) is 11.2. The fourth-order valence-corrected chi connectivity index (χ4v) is 2.96. The highest BCUT2D eigenvalue weighted by Crippen LogP contribution is 2.28. The zero-order chi connectivity index (χ0) is 12.4. The van der Waals surface area contributed by atoms with Gasteiger partial charge in [-0.1, -0.05) is 0 Å². The van der Waals surface area contributed by atoms with Gasteiger partial charge in [-0.25, -0.2) is 10.8 Å². The van der Waals surface area contributed by atoms with E-state index in [0.29, 0.717) is 6.04 Å². The van der Waals surface area contributed by atoms with Crippen molar-refractivity contribution >= 4 is 5.96 Å². The Morgan fingerprint density at radius 1 is 1.29 bits per heavy atom. The summed E-state index contributed by atoms with van der Waals surface area (Å²) in [5, 5.41) is 0. The molecule has 2 fully saturated rings. The maximum Gasteiger partial charge on any atom is 0.208 e. The van der Waals surface area contributed by atoms with E-state index >= 15 is 0 Å². The van der Waals surface area contributed by atoms with Crippen LogP contribution in [0.5, 0.6) is 0 Å². The van der Waals surface area contributed by atoms with E-state index < -0.39 is 0 Å². The molecule has 0 aromatic carbocycles. The van der Waals surface area contributed by atoms with Crippen molar-refractivity contribution in [2.45, 2.75) is 51.2 Å². The first-order chi connectivity index (χ1) is 8.11. The van der Waals surface area contributed by atoms with Crippen LogP contribution in [0.2, 0.25) is 0 Å². The number of fused-ring (bicyclic) bond motifs is 2. The molecular weight excluding hydrogens is 214 g/mol. The Kier molecular flexibility index (Phi) is 3.89. The third-order valence-electron chi connectivity index (χ3n) is 3.96. The number of nitrogens with zero attached hydrogens (tertiary/aromatic N) is 3. The van der Waals surface area contributed by atoms with Crippen molar-refractivity contribution in [3.8, 4) is 0 Å². The van der Waals surface area contributed by atoms with E-state index in [1.165, 1.54) is 19.3 Å². The van der Waals surface area contributed by atoms with Gasteiger partial charge in [-0.15, -0.1) is 0 Å². The molecule has 2 saturated heterocycles. The third kappa shape index (κ3) is 2.72. The third-order valence-corrected chi connectivity index (χ3v) is 3.96. The number of nitrogens with two attached hydrogens (primary N) is 1. The predicted molar refractivity (Wildman–Crippen MR) is 70.7 cm³/mol. The molecule has 5 heteroatoms. The summed E-state index contributed by atoms with van der Waals surface area (Å²) in [4.78, 5) is 9.39. The highest BCUT2D eigenvalue weighted by Gasteiger charge is 2.35. The summed E-state index contributed by atoms with van der Waals surface area (Å²) in [6.45, 7) is 6.25. The van der Waals surface area contributed by atoms with E-state index in [1.54, 1.807) is 0 Å². The van der Waals surface area contributed by atoms with Gasteiger partial charge in [0.2, 0.25) is 5.96 Å². The standard InChI is InChI=1S/C12H25N5/c1-9(2)14-12(15-13)17-7-6-10-4-5-11(8-17)16(10)3/h9-11H,4-8,13H2,1-3H3,(H,14,15). The molecule has 2 aliphatic rings. The summed E-state index contributed by atoms with van der Waals surface area (Å²) in [6, 6.07) is 1.69. The number of rotatable bonds is 1. The van der Waals surface area contributed by atoms with Gasteiger partial charge in [0.15, 0.2) is 0 Å². The molecule has 98 valence electrons. The quantitative estimate of drug-likeness (QED) is 0.301. The Balaban J connectivity index is 2.07. The van der Waals surface area contributed by atoms with Crippen molar-refractivity contribution in [1.29, 1.82) is 0 Å². The van der Waals surface area contributed by atoms with Gasteiger partial charge in [0.05, 0.1) is 0 Å². The lowest BCUT2D eigenvalue weighted by molar-refractivity contribution is 0.245. The molecule has 2 rings (SSSR count). The molecule has 2 atom stereocenters. The van der Waals surface area contributed by atoms with E-state index in [2.05, 4.69) is 41.1 Å². The second-order valence-corrected chi connectivity index (χ2v) is 5.48. The molecule has 0 aromatic heterocycles. The zero-order valence-electron chi connectivity index (χ0n) is 11.2. The van der Waals surface area contributed by atoms with Crippen LogP contribution in [0.15, 0.2) is 4.99 Å². The van der Waals surface area contributed by atoms with Crippen molar-refractivity contribution in [2.24, 2.45) is 10.8 Å². The van der Waals surface area contributed by atoms with Gasteiger partial charge in [-0.2, -0.15) is 0 Å². The summed E-state index contributed by atoms with van der Waals surface area (Å²) in [6.07, 6.45) is 3.87. The van der Waals surface area contributed by atoms with Crippen molar-refractivity contribution in [2.75, 3.05) is 20.1 Å². The smallest absolute Gasteiger partial charge is 0.208 e. The number of likely N-dealkylation sites (tertiary alicyclic amines) is 1. The van der Waals surface area contributed by atoms with Crippen molar-refractivity contribution < 1.29 is 0 Å². The minimum atomic E-state index is 0.277. The van der Waals surface area contributed by atoms with Crippen LogP contribution >= 0.6 is 0 Å². The summed E-state index contributed by atoms with van der Waals surface area (Å²) >= 11 is 0. The maximum atomic E-state index is 5.60. The van der Waals surface area contributed by atoms with Gasteiger partial charge in [-0.05, 0) is 40.2 Å². The Morgan fingerprint density at radius 2 is 2.00 bits per heavy atom. The summed E-state index contributed by atoms with van der Waals surface area (Å²) < 4.78 is 0. The Labute approximate surface area is 104 Å². The monoisotopic (exact) mass is 239 g/mol. The van der Waals surface area contributed by atoms with Gasteiger partial charge in [-0.3, -0.25) is 10.3 Å². The van der Waals surface area contributed by atoms with Crippen molar-refractivity contribution in [3.63, 3.8) is 0 Å². The number of guanidine groups is 1. The van der Waals surface area contributed by atoms with Gasteiger partial charge in [0, 0.05) is 31.2 Å². The molecule has 0 aromatic rings. The van der Waals surface area contributed by atoms with Crippen LogP contribution in [0.3, 0.4) is 0 Å². The molecule has 5 nitrogen and oxygen atoms in total. The van der Waals surface area contributed by atoms with Gasteiger partial charge < -0.3 is 4.90 Å². The summed E-state index contributed by atoms with van der Waals surface area (Å²) in [5.41, 5.74) is 2.76. The molecule has 0 radical (unpaired) electrons. The molecule has 2 aliphatic heterocycles. The van der Waals surface area contributed by atoms with Crippen LogP contribution in [0.25, 0.3) is 0 Å². The van der Waals surface area contributed by atoms with Crippen molar-refractivity contribution in [3.05, 3.63) is 0 Å². The molecular formula is C12H25N5. The lowest BCUT2D eigenvalue weighted by Gasteiger charge is -2.28. The molecule has 17 heavy (non-hydrogen) atoms. The molecule has 0 amide bonds. The first-order valence-corrected chi connectivity index (χ1v) is 6.63. The second-order valence-electron chi connectivity index (χ2n) is 5.48. The molecule has 2 unspecified atom stereocenters. The maximum absolute atomic E-state index is 5.60. The number of hydrazine groups is 1. The highest BCUT2D eigenvalue weighted by molar-refractivity contribution is 5.79. The number of likely N-dealkylation sites (N-methyl/N-ethyl adjacent to an activating group) is 1. The topological polar surface area (TPSA) is 56.9 Å². The SMILES string of the molecule is CC(C)N=C(NN)N1CCC2CCC(C1)N2C. The Bertz CT molecular complexity index is 289. The first kappa shape index (κ1) is 12.6. The number of aliphatic imine (C=N–C) groups is 1. The molecule has 2 heterocycles. The molecule has 2 bridgehead atoms. The molecule has 0 spiro atoms. The first-order valence-electron chi connectivity index (χ1n) is 6.63. The summed E-state index contributed by atoms with van der Waals surface area (Å²) in [5.74, 6) is 6.45. The van der Waals surface area contributed by atoms with Crippen LogP contribution in [0.1, 0.15) is 33.1 Å². The van der Waals surface area contributed by atoms with E-state index in [-0.39, 0.29) is 6.04 Å². The minimum Gasteiger partial charge on any atom is -0.340 e. The van der Waals surface area contributed by atoms with Crippen LogP contribution in [0.4, 0.5) is 0 Å². The number of hydrogen-bond donors (Lipinski definition) is 2. The molecule has 0 aliphatic carbocycles. The van der Waals surface area contributed by atoms with Crippen LogP contribution < -0.4 is 11.3 Å². The van der Waals surface area contributed by atoms with Gasteiger partial charge in [0.1, 0.15) is 0 Å². The Hall–Kier alpha value is -0.810. The van der Waals surface area contributed by atoms with Gasteiger partial charge >= 0.3 is 0 Å². The summed E-state index contributed by atoms with van der Waals surface area (Å²) in [7, 11) is 2.25. The average molecular weight is 239 g/mol. The molecule has 0 saturated carbocycles.